The number of anilines is 4. The molecule has 0 aliphatic heterocycles. The minimum Gasteiger partial charge on any atom is -0.383 e. The van der Waals surface area contributed by atoms with Gasteiger partial charge in [-0.25, -0.2) is 0 Å². The van der Waals surface area contributed by atoms with Gasteiger partial charge < -0.3 is 21.3 Å². The Balaban J connectivity index is 0.000000232. The van der Waals surface area contributed by atoms with Crippen LogP contribution in [0.15, 0.2) is 72.9 Å². The van der Waals surface area contributed by atoms with Crippen molar-refractivity contribution in [1.82, 2.24) is 4.98 Å². The molecule has 6 rings (SSSR count). The zero-order valence-electron chi connectivity index (χ0n) is 44.7. The number of pyridine rings is 1. The lowest BCUT2D eigenvalue weighted by Gasteiger charge is -2.23. The highest BCUT2D eigenvalue weighted by molar-refractivity contribution is 5.92. The number of rotatable bonds is 12. The van der Waals surface area contributed by atoms with E-state index in [1.165, 1.54) is 106 Å². The fourth-order valence-electron chi connectivity index (χ4n) is 8.23. The number of nitrogens with zero attached hydrogens (tertiary/aromatic N) is 1. The lowest BCUT2D eigenvalue weighted by molar-refractivity contribution is 0.616. The van der Waals surface area contributed by atoms with Crippen LogP contribution in [0, 0.1) is 20.8 Å². The molecule has 1 heterocycles. The van der Waals surface area contributed by atoms with Gasteiger partial charge in [-0.2, -0.15) is 0 Å². The van der Waals surface area contributed by atoms with Crippen LogP contribution in [-0.2, 0) is 12.8 Å². The van der Waals surface area contributed by atoms with E-state index in [1.54, 1.807) is 11.1 Å². The van der Waals surface area contributed by atoms with Crippen molar-refractivity contribution in [1.29, 1.82) is 0 Å². The van der Waals surface area contributed by atoms with E-state index >= 15 is 0 Å². The smallest absolute Gasteiger partial charge is 0.0725 e. The Labute approximate surface area is 399 Å². The Bertz CT molecular complexity index is 2190. The van der Waals surface area contributed by atoms with E-state index in [9.17, 15) is 0 Å². The number of aromatic nitrogens is 1. The van der Waals surface area contributed by atoms with Gasteiger partial charge in [-0.05, 0) is 224 Å². The van der Waals surface area contributed by atoms with Crippen LogP contribution in [0.3, 0.4) is 0 Å². The maximum absolute atomic E-state index is 4.45. The van der Waals surface area contributed by atoms with Crippen LogP contribution in [-0.4, -0.2) is 29.2 Å². The first-order valence-electron chi connectivity index (χ1n) is 25.4. The van der Waals surface area contributed by atoms with Crippen molar-refractivity contribution >= 4 is 33.7 Å². The summed E-state index contributed by atoms with van der Waals surface area (Å²) in [5.74, 6) is 2.33. The van der Waals surface area contributed by atoms with Crippen molar-refractivity contribution in [2.75, 3.05) is 21.3 Å². The molecule has 65 heavy (non-hydrogen) atoms. The summed E-state index contributed by atoms with van der Waals surface area (Å²) < 4.78 is 0. The third kappa shape index (κ3) is 18.4. The van der Waals surface area contributed by atoms with E-state index in [0.29, 0.717) is 47.8 Å². The summed E-state index contributed by atoms with van der Waals surface area (Å²) in [6.07, 6.45) is 9.87. The number of hydrogen-bond acceptors (Lipinski definition) is 5. The first-order valence-corrected chi connectivity index (χ1v) is 25.4. The van der Waals surface area contributed by atoms with Gasteiger partial charge in [0.2, 0.25) is 0 Å². The average molecular weight is 884 g/mol. The standard InChI is InChI=1S/C18H29N.C15H20N2.C14H23N.C13H21N/c1-13(2)16-11-15-9-7-5-6-8-10-17(15)18(12-16)19-14(3)4;1-10(2)12-8-14-13(6-5-7-16-14)15(9-12)17-11(3)4;1-9(2)13-7-11(5)12(6)14(8-13)15-10(3)4;1-9(2)12-6-11(5)7-13(8-12)14-10(3)4/h11-14,19H,5-10H2,1-4H3;5-11,17H,1-4H3;7-10,15H,1-6H3;6-10,14H,1-5H3. The van der Waals surface area contributed by atoms with Gasteiger partial charge in [0.1, 0.15) is 0 Å². The first kappa shape index (κ1) is 54.8. The normalized spacial score (nSPS) is 12.7. The lowest BCUT2D eigenvalue weighted by Crippen LogP contribution is -2.14. The summed E-state index contributed by atoms with van der Waals surface area (Å²) in [6.45, 7) is 41.9. The van der Waals surface area contributed by atoms with Crippen LogP contribution in [0.5, 0.6) is 0 Å². The largest absolute Gasteiger partial charge is 0.383 e. The molecule has 0 amide bonds. The van der Waals surface area contributed by atoms with Gasteiger partial charge in [0.25, 0.3) is 0 Å². The fraction of sp³-hybridized carbons (Fsp3) is 0.550. The zero-order valence-corrected chi connectivity index (χ0v) is 44.7. The molecule has 0 saturated heterocycles. The van der Waals surface area contributed by atoms with Crippen molar-refractivity contribution in [3.63, 3.8) is 0 Å². The van der Waals surface area contributed by atoms with Crippen LogP contribution < -0.4 is 21.3 Å². The number of benzene rings is 4. The summed E-state index contributed by atoms with van der Waals surface area (Å²) in [5, 5.41) is 15.3. The highest BCUT2D eigenvalue weighted by Gasteiger charge is 2.15. The van der Waals surface area contributed by atoms with Crippen molar-refractivity contribution in [3.8, 4) is 0 Å². The van der Waals surface area contributed by atoms with E-state index in [-0.39, 0.29) is 0 Å². The molecule has 0 saturated carbocycles. The predicted octanol–water partition coefficient (Wildman–Crippen LogP) is 17.7. The van der Waals surface area contributed by atoms with E-state index in [4.69, 9.17) is 0 Å². The molecule has 5 aromatic rings. The monoisotopic (exact) mass is 884 g/mol. The quantitative estimate of drug-likeness (QED) is 0.101. The van der Waals surface area contributed by atoms with Crippen LogP contribution in [0.2, 0.25) is 0 Å². The zero-order chi connectivity index (χ0) is 48.5. The molecule has 1 aromatic heterocycles. The molecule has 1 aliphatic rings. The van der Waals surface area contributed by atoms with Crippen LogP contribution in [0.1, 0.15) is 210 Å². The van der Waals surface area contributed by atoms with E-state index < -0.39 is 0 Å². The number of hydrogen-bond donors (Lipinski definition) is 4. The average Bonchev–Trinajstić information content (AvgIpc) is 3.19. The van der Waals surface area contributed by atoms with E-state index in [2.05, 4.69) is 218 Å². The number of aryl methyl sites for hydroxylation is 3. The molecule has 0 spiro atoms. The van der Waals surface area contributed by atoms with Crippen LogP contribution in [0.25, 0.3) is 10.9 Å². The van der Waals surface area contributed by atoms with Gasteiger partial charge in [-0.3, -0.25) is 4.98 Å². The van der Waals surface area contributed by atoms with Gasteiger partial charge in [-0.15, -0.1) is 0 Å². The molecular formula is C60H93N5. The van der Waals surface area contributed by atoms with Crippen LogP contribution >= 0.6 is 0 Å². The molecule has 0 atom stereocenters. The number of fused-ring (bicyclic) bond motifs is 2. The van der Waals surface area contributed by atoms with Crippen molar-refractivity contribution in [2.24, 2.45) is 0 Å². The van der Waals surface area contributed by atoms with E-state index in [1.807, 2.05) is 12.3 Å². The predicted molar refractivity (Wildman–Crippen MR) is 293 cm³/mol. The van der Waals surface area contributed by atoms with Gasteiger partial charge in [0.05, 0.1) is 5.52 Å². The Hall–Kier alpha value is -4.51. The van der Waals surface area contributed by atoms with E-state index in [0.717, 1.165) is 5.52 Å². The highest BCUT2D eigenvalue weighted by atomic mass is 14.9. The van der Waals surface area contributed by atoms with Crippen molar-refractivity contribution in [2.45, 2.75) is 218 Å². The van der Waals surface area contributed by atoms with Crippen LogP contribution in [0.4, 0.5) is 22.7 Å². The third-order valence-electron chi connectivity index (χ3n) is 12.0. The van der Waals surface area contributed by atoms with Gasteiger partial charge in [0.15, 0.2) is 0 Å². The summed E-state index contributed by atoms with van der Waals surface area (Å²) in [4.78, 5) is 4.45. The molecule has 0 fully saturated rings. The minimum absolute atomic E-state index is 0.431. The Morgan fingerprint density at radius 3 is 1.49 bits per heavy atom. The molecule has 1 aliphatic carbocycles. The molecule has 4 N–H and O–H groups in total. The van der Waals surface area contributed by atoms with Gasteiger partial charge in [0, 0.05) is 58.5 Å². The second-order valence-corrected chi connectivity index (χ2v) is 21.2. The maximum atomic E-state index is 4.45. The highest BCUT2D eigenvalue weighted by Crippen LogP contribution is 2.32. The SMILES string of the molecule is CC(C)Nc1cc(C(C)C)cc2c1CCCCCC2.CC(C)Nc1cc(C(C)C)cc2ncccc12.Cc1cc(C(C)C)cc(NC(C)C)c1C.Cc1cc(NC(C)C)cc(C(C)C)c1. The Morgan fingerprint density at radius 2 is 0.923 bits per heavy atom. The Kier molecular flexibility index (Phi) is 22.4. The summed E-state index contributed by atoms with van der Waals surface area (Å²) in [7, 11) is 0. The Morgan fingerprint density at radius 1 is 0.446 bits per heavy atom. The second kappa shape index (κ2) is 26.6. The molecular weight excluding hydrogens is 791 g/mol. The molecule has 358 valence electrons. The summed E-state index contributed by atoms with van der Waals surface area (Å²) in [5.41, 5.74) is 19.1. The topological polar surface area (TPSA) is 61.0 Å². The molecule has 5 nitrogen and oxygen atoms in total. The lowest BCUT2D eigenvalue weighted by atomic mass is 9.88. The maximum Gasteiger partial charge on any atom is 0.0725 e. The third-order valence-corrected chi connectivity index (χ3v) is 12.0. The fourth-order valence-corrected chi connectivity index (χ4v) is 8.23. The molecule has 4 aromatic carbocycles. The molecule has 0 bridgehead atoms. The molecule has 0 unspecified atom stereocenters. The van der Waals surface area contributed by atoms with Crippen molar-refractivity contribution in [3.05, 3.63) is 123 Å². The number of nitrogens with one attached hydrogen (secondary N) is 4. The minimum atomic E-state index is 0.431. The molecule has 0 radical (unpaired) electrons. The molecule has 5 heteroatoms. The summed E-state index contributed by atoms with van der Waals surface area (Å²) >= 11 is 0. The van der Waals surface area contributed by atoms with Gasteiger partial charge in [-0.1, -0.05) is 86.4 Å². The summed E-state index contributed by atoms with van der Waals surface area (Å²) in [6, 6.07) is 26.6. The van der Waals surface area contributed by atoms with Crippen molar-refractivity contribution < 1.29 is 0 Å². The first-order chi connectivity index (χ1) is 30.6. The van der Waals surface area contributed by atoms with Gasteiger partial charge >= 0.3 is 0 Å². The second-order valence-electron chi connectivity index (χ2n) is 21.2.